The number of terminal acetylenes is 1. The summed E-state index contributed by atoms with van der Waals surface area (Å²) in [5.74, 6) is 2.24. The van der Waals surface area contributed by atoms with E-state index in [-0.39, 0.29) is 11.9 Å². The molecule has 0 aromatic rings. The Morgan fingerprint density at radius 3 is 2.75 bits per heavy atom. The molecule has 0 fully saturated rings. The van der Waals surface area contributed by atoms with Crippen LogP contribution in [0.2, 0.25) is 0 Å². The fourth-order valence-electron chi connectivity index (χ4n) is 0.804. The van der Waals surface area contributed by atoms with Crippen molar-refractivity contribution < 1.29 is 4.79 Å². The van der Waals surface area contributed by atoms with Gasteiger partial charge in [-0.3, -0.25) is 4.79 Å². The number of carbonyl (C=O) groups excluding carboxylic acids is 1. The first-order chi connectivity index (χ1) is 5.61. The van der Waals surface area contributed by atoms with Gasteiger partial charge in [-0.25, -0.2) is 0 Å². The van der Waals surface area contributed by atoms with Crippen LogP contribution in [0.5, 0.6) is 0 Å². The third-order valence-electron chi connectivity index (χ3n) is 1.55. The van der Waals surface area contributed by atoms with Gasteiger partial charge >= 0.3 is 0 Å². The van der Waals surface area contributed by atoms with E-state index in [0.717, 1.165) is 6.42 Å². The molecule has 3 nitrogen and oxygen atoms in total. The van der Waals surface area contributed by atoms with Crippen molar-refractivity contribution in [2.75, 3.05) is 0 Å². The molecular formula is C9H16N2O. The highest BCUT2D eigenvalue weighted by Crippen LogP contribution is 1.93. The summed E-state index contributed by atoms with van der Waals surface area (Å²) in [7, 11) is 0. The first kappa shape index (κ1) is 11.0. The van der Waals surface area contributed by atoms with Crippen molar-refractivity contribution >= 4 is 5.91 Å². The summed E-state index contributed by atoms with van der Waals surface area (Å²) in [6, 6.07) is -0.661. The number of hydrogen-bond donors (Lipinski definition) is 2. The molecule has 3 heteroatoms. The molecule has 0 aliphatic heterocycles. The SMILES string of the molecule is C#CC(C)NC(=O)[C@@H](N)CCC. The van der Waals surface area contributed by atoms with E-state index in [9.17, 15) is 4.79 Å². The Kier molecular flexibility index (Phi) is 5.14. The minimum atomic E-state index is -0.425. The highest BCUT2D eigenvalue weighted by atomic mass is 16.2. The fourth-order valence-corrected chi connectivity index (χ4v) is 0.804. The Morgan fingerprint density at radius 2 is 2.33 bits per heavy atom. The van der Waals surface area contributed by atoms with Crippen LogP contribution in [0.4, 0.5) is 0 Å². The number of nitrogens with two attached hydrogens (primary N) is 1. The fraction of sp³-hybridized carbons (Fsp3) is 0.667. The Labute approximate surface area is 73.7 Å². The van der Waals surface area contributed by atoms with Crippen LogP contribution in [0, 0.1) is 12.3 Å². The van der Waals surface area contributed by atoms with Crippen LogP contribution in [0.25, 0.3) is 0 Å². The standard InChI is InChI=1S/C9H16N2O/c1-4-6-8(10)9(12)11-7(3)5-2/h2,7-8H,4,6,10H2,1,3H3,(H,11,12)/t7?,8-/m0/s1. The van der Waals surface area contributed by atoms with Crippen LogP contribution in [-0.4, -0.2) is 18.0 Å². The molecule has 0 bridgehead atoms. The zero-order chi connectivity index (χ0) is 9.56. The second-order valence-electron chi connectivity index (χ2n) is 2.79. The number of amides is 1. The zero-order valence-electron chi connectivity index (χ0n) is 7.63. The van der Waals surface area contributed by atoms with Crippen molar-refractivity contribution in [3.8, 4) is 12.3 Å². The summed E-state index contributed by atoms with van der Waals surface area (Å²) >= 11 is 0. The lowest BCUT2D eigenvalue weighted by atomic mass is 10.1. The molecule has 1 amide bonds. The summed E-state index contributed by atoms with van der Waals surface area (Å²) in [6.07, 6.45) is 6.69. The predicted molar refractivity (Wildman–Crippen MR) is 49.3 cm³/mol. The third-order valence-corrected chi connectivity index (χ3v) is 1.55. The molecular weight excluding hydrogens is 152 g/mol. The lowest BCUT2D eigenvalue weighted by Crippen LogP contribution is -2.43. The maximum absolute atomic E-state index is 11.2. The van der Waals surface area contributed by atoms with Gasteiger partial charge in [-0.2, -0.15) is 0 Å². The minimum Gasteiger partial charge on any atom is -0.341 e. The summed E-state index contributed by atoms with van der Waals surface area (Å²) < 4.78 is 0. The monoisotopic (exact) mass is 168 g/mol. The van der Waals surface area contributed by atoms with Gasteiger partial charge in [0.1, 0.15) is 0 Å². The maximum atomic E-state index is 11.2. The van der Waals surface area contributed by atoms with Crippen molar-refractivity contribution in [1.29, 1.82) is 0 Å². The van der Waals surface area contributed by atoms with Crippen LogP contribution in [-0.2, 0) is 4.79 Å². The van der Waals surface area contributed by atoms with E-state index in [2.05, 4.69) is 11.2 Å². The largest absolute Gasteiger partial charge is 0.341 e. The Balaban J connectivity index is 3.80. The first-order valence-corrected chi connectivity index (χ1v) is 4.13. The number of nitrogens with one attached hydrogen (secondary N) is 1. The molecule has 0 saturated heterocycles. The molecule has 3 N–H and O–H groups in total. The number of rotatable bonds is 4. The molecule has 1 unspecified atom stereocenters. The quantitative estimate of drug-likeness (QED) is 0.591. The topological polar surface area (TPSA) is 55.1 Å². The minimum absolute atomic E-state index is 0.165. The van der Waals surface area contributed by atoms with Gasteiger partial charge in [0.25, 0.3) is 0 Å². The van der Waals surface area contributed by atoms with E-state index >= 15 is 0 Å². The molecule has 0 radical (unpaired) electrons. The zero-order valence-corrected chi connectivity index (χ0v) is 7.63. The predicted octanol–water partition coefficient (Wildman–Crippen LogP) is 0.252. The molecule has 0 aliphatic rings. The van der Waals surface area contributed by atoms with Gasteiger partial charge in [-0.1, -0.05) is 19.3 Å². The highest BCUT2D eigenvalue weighted by molar-refractivity contribution is 5.81. The highest BCUT2D eigenvalue weighted by Gasteiger charge is 2.12. The average molecular weight is 168 g/mol. The second-order valence-corrected chi connectivity index (χ2v) is 2.79. The second kappa shape index (κ2) is 5.62. The first-order valence-electron chi connectivity index (χ1n) is 4.13. The summed E-state index contributed by atoms with van der Waals surface area (Å²) in [4.78, 5) is 11.2. The van der Waals surface area contributed by atoms with E-state index in [0.29, 0.717) is 6.42 Å². The number of hydrogen-bond acceptors (Lipinski definition) is 2. The van der Waals surface area contributed by atoms with E-state index in [1.807, 2.05) is 6.92 Å². The molecule has 0 aromatic heterocycles. The van der Waals surface area contributed by atoms with Crippen molar-refractivity contribution in [1.82, 2.24) is 5.32 Å². The van der Waals surface area contributed by atoms with Gasteiger partial charge in [0.05, 0.1) is 12.1 Å². The van der Waals surface area contributed by atoms with Crippen LogP contribution in [0.3, 0.4) is 0 Å². The van der Waals surface area contributed by atoms with E-state index < -0.39 is 6.04 Å². The molecule has 0 aromatic carbocycles. The van der Waals surface area contributed by atoms with Gasteiger partial charge in [-0.15, -0.1) is 6.42 Å². The van der Waals surface area contributed by atoms with Crippen LogP contribution in [0.1, 0.15) is 26.7 Å². The van der Waals surface area contributed by atoms with Crippen molar-refractivity contribution in [2.45, 2.75) is 38.8 Å². The van der Waals surface area contributed by atoms with Crippen LogP contribution in [0.15, 0.2) is 0 Å². The smallest absolute Gasteiger partial charge is 0.237 e. The van der Waals surface area contributed by atoms with Crippen molar-refractivity contribution in [3.05, 3.63) is 0 Å². The molecule has 0 heterocycles. The lowest BCUT2D eigenvalue weighted by Gasteiger charge is -2.12. The molecule has 68 valence electrons. The van der Waals surface area contributed by atoms with Crippen LogP contribution >= 0.6 is 0 Å². The van der Waals surface area contributed by atoms with Gasteiger partial charge < -0.3 is 11.1 Å². The van der Waals surface area contributed by atoms with Gasteiger partial charge in [0, 0.05) is 0 Å². The molecule has 0 saturated carbocycles. The van der Waals surface area contributed by atoms with Gasteiger partial charge in [0.2, 0.25) is 5.91 Å². The Morgan fingerprint density at radius 1 is 1.75 bits per heavy atom. The van der Waals surface area contributed by atoms with Gasteiger partial charge in [0.15, 0.2) is 0 Å². The summed E-state index contributed by atoms with van der Waals surface area (Å²) in [6.45, 7) is 3.73. The van der Waals surface area contributed by atoms with Crippen molar-refractivity contribution in [3.63, 3.8) is 0 Å². The van der Waals surface area contributed by atoms with Crippen LogP contribution < -0.4 is 11.1 Å². The molecule has 12 heavy (non-hydrogen) atoms. The Hall–Kier alpha value is -1.01. The molecule has 2 atom stereocenters. The lowest BCUT2D eigenvalue weighted by molar-refractivity contribution is -0.122. The summed E-state index contributed by atoms with van der Waals surface area (Å²) in [5, 5.41) is 2.61. The maximum Gasteiger partial charge on any atom is 0.237 e. The normalized spacial score (nSPS) is 14.5. The summed E-state index contributed by atoms with van der Waals surface area (Å²) in [5.41, 5.74) is 5.55. The molecule has 0 rings (SSSR count). The average Bonchev–Trinajstić information content (AvgIpc) is 2.04. The third kappa shape index (κ3) is 3.99. The van der Waals surface area contributed by atoms with Crippen molar-refractivity contribution in [2.24, 2.45) is 5.73 Å². The Bertz CT molecular complexity index is 183. The molecule has 0 aliphatic carbocycles. The molecule has 0 spiro atoms. The number of carbonyl (C=O) groups is 1. The van der Waals surface area contributed by atoms with E-state index in [1.165, 1.54) is 0 Å². The van der Waals surface area contributed by atoms with Gasteiger partial charge in [-0.05, 0) is 13.3 Å². The van der Waals surface area contributed by atoms with E-state index in [4.69, 9.17) is 12.2 Å². The van der Waals surface area contributed by atoms with E-state index in [1.54, 1.807) is 6.92 Å².